The van der Waals surface area contributed by atoms with Gasteiger partial charge in [-0.3, -0.25) is 4.98 Å². The summed E-state index contributed by atoms with van der Waals surface area (Å²) in [6.07, 6.45) is 5.07. The van der Waals surface area contributed by atoms with Gasteiger partial charge in [0.15, 0.2) is 0 Å². The number of hydrogen-bond donors (Lipinski definition) is 1. The van der Waals surface area contributed by atoms with Crippen molar-refractivity contribution in [3.8, 4) is 11.1 Å². The first-order valence-electron chi connectivity index (χ1n) is 7.49. The molecule has 0 bridgehead atoms. The minimum absolute atomic E-state index is 0.0323. The molecule has 1 aliphatic rings. The van der Waals surface area contributed by atoms with Crippen LogP contribution in [0.1, 0.15) is 25.0 Å². The fourth-order valence-electron chi connectivity index (χ4n) is 2.79. The van der Waals surface area contributed by atoms with Gasteiger partial charge in [0.1, 0.15) is 0 Å². The lowest BCUT2D eigenvalue weighted by Gasteiger charge is -2.14. The van der Waals surface area contributed by atoms with Crippen LogP contribution in [0, 0.1) is 0 Å². The summed E-state index contributed by atoms with van der Waals surface area (Å²) in [5.74, 6) is 0. The maximum absolute atomic E-state index is 12.0. The van der Waals surface area contributed by atoms with E-state index in [9.17, 15) is 8.42 Å². The van der Waals surface area contributed by atoms with E-state index in [-0.39, 0.29) is 6.04 Å². The molecular formula is C17H20N2O2S. The number of benzene rings is 1. The van der Waals surface area contributed by atoms with Crippen molar-refractivity contribution in [2.24, 2.45) is 0 Å². The first kappa shape index (κ1) is 15.2. The van der Waals surface area contributed by atoms with Crippen LogP contribution in [-0.4, -0.2) is 24.7 Å². The maximum atomic E-state index is 12.0. The first-order valence-corrected chi connectivity index (χ1v) is 9.03. The maximum Gasteiger partial charge on any atom is 0.214 e. The average molecular weight is 316 g/mol. The van der Waals surface area contributed by atoms with E-state index in [0.717, 1.165) is 24.0 Å². The molecule has 1 aromatic carbocycles. The Morgan fingerprint density at radius 2 is 1.73 bits per heavy atom. The molecule has 1 atom stereocenters. The topological polar surface area (TPSA) is 59.1 Å². The number of fused-ring (bicyclic) bond motifs is 1. The Labute approximate surface area is 131 Å². The Kier molecular flexibility index (Phi) is 4.02. The van der Waals surface area contributed by atoms with Gasteiger partial charge >= 0.3 is 0 Å². The van der Waals surface area contributed by atoms with Gasteiger partial charge in [-0.15, -0.1) is 0 Å². The second-order valence-corrected chi connectivity index (χ2v) is 8.30. The molecule has 0 amide bonds. The minimum Gasteiger partial charge on any atom is -0.265 e. The van der Waals surface area contributed by atoms with Crippen molar-refractivity contribution < 1.29 is 8.42 Å². The lowest BCUT2D eigenvalue weighted by Crippen LogP contribution is -2.39. The highest BCUT2D eigenvalue weighted by atomic mass is 32.2. The van der Waals surface area contributed by atoms with Crippen LogP contribution in [-0.2, 0) is 22.9 Å². The third-order valence-corrected chi connectivity index (χ3v) is 6.01. The molecule has 116 valence electrons. The van der Waals surface area contributed by atoms with Crippen LogP contribution in [0.2, 0.25) is 0 Å². The van der Waals surface area contributed by atoms with Crippen molar-refractivity contribution in [3.63, 3.8) is 0 Å². The Morgan fingerprint density at radius 3 is 2.41 bits per heavy atom. The molecule has 0 saturated carbocycles. The second-order valence-electron chi connectivity index (χ2n) is 6.04. The van der Waals surface area contributed by atoms with Crippen LogP contribution in [0.4, 0.5) is 0 Å². The van der Waals surface area contributed by atoms with Crippen LogP contribution < -0.4 is 4.72 Å². The Bertz CT molecular complexity index is 771. The molecule has 4 nitrogen and oxygen atoms in total. The molecule has 0 fully saturated rings. The summed E-state index contributed by atoms with van der Waals surface area (Å²) in [6, 6.07) is 10.3. The summed E-state index contributed by atoms with van der Waals surface area (Å²) in [6.45, 7) is 3.40. The summed E-state index contributed by atoms with van der Waals surface area (Å²) in [4.78, 5) is 4.04. The van der Waals surface area contributed by atoms with Gasteiger partial charge in [0, 0.05) is 18.4 Å². The van der Waals surface area contributed by atoms with E-state index in [0.29, 0.717) is 0 Å². The molecule has 1 aromatic heterocycles. The Hall–Kier alpha value is -1.72. The standard InChI is InChI=1S/C17H20N2O2S/c1-12(2)22(20,21)19-17-10-15-4-3-14(9-16(15)11-17)13-5-7-18-8-6-13/h3-9,12,17,19H,10-11H2,1-2H3. The van der Waals surface area contributed by atoms with Crippen molar-refractivity contribution in [2.75, 3.05) is 0 Å². The van der Waals surface area contributed by atoms with Gasteiger partial charge in [-0.25, -0.2) is 13.1 Å². The van der Waals surface area contributed by atoms with Crippen molar-refractivity contribution in [1.82, 2.24) is 9.71 Å². The summed E-state index contributed by atoms with van der Waals surface area (Å²) >= 11 is 0. The van der Waals surface area contributed by atoms with E-state index in [4.69, 9.17) is 0 Å². The molecule has 5 heteroatoms. The quantitative estimate of drug-likeness (QED) is 0.943. The Morgan fingerprint density at radius 1 is 1.05 bits per heavy atom. The molecular weight excluding hydrogens is 296 g/mol. The van der Waals surface area contributed by atoms with Gasteiger partial charge in [0.05, 0.1) is 5.25 Å². The normalized spacial score (nSPS) is 17.7. The van der Waals surface area contributed by atoms with Crippen molar-refractivity contribution in [3.05, 3.63) is 53.9 Å². The van der Waals surface area contributed by atoms with Gasteiger partial charge < -0.3 is 0 Å². The van der Waals surface area contributed by atoms with E-state index in [2.05, 4.69) is 27.9 Å². The molecule has 0 saturated heterocycles. The van der Waals surface area contributed by atoms with Crippen LogP contribution in [0.3, 0.4) is 0 Å². The molecule has 1 heterocycles. The molecule has 0 spiro atoms. The van der Waals surface area contributed by atoms with Crippen molar-refractivity contribution in [2.45, 2.75) is 38.0 Å². The SMILES string of the molecule is CC(C)S(=O)(=O)NC1Cc2ccc(-c3ccncc3)cc2C1. The Balaban J connectivity index is 1.80. The van der Waals surface area contributed by atoms with Crippen molar-refractivity contribution in [1.29, 1.82) is 0 Å². The molecule has 1 N–H and O–H groups in total. The van der Waals surface area contributed by atoms with Gasteiger partial charge in [-0.05, 0) is 61.1 Å². The molecule has 3 rings (SSSR count). The molecule has 22 heavy (non-hydrogen) atoms. The van der Waals surface area contributed by atoms with E-state index < -0.39 is 15.3 Å². The van der Waals surface area contributed by atoms with Crippen LogP contribution in [0.5, 0.6) is 0 Å². The number of pyridine rings is 1. The fourth-order valence-corrected chi connectivity index (χ4v) is 3.70. The van der Waals surface area contributed by atoms with Crippen LogP contribution >= 0.6 is 0 Å². The summed E-state index contributed by atoms with van der Waals surface area (Å²) in [7, 11) is -3.22. The zero-order valence-corrected chi connectivity index (χ0v) is 13.6. The van der Waals surface area contributed by atoms with Gasteiger partial charge in [0.2, 0.25) is 10.0 Å². The second kappa shape index (κ2) is 5.82. The molecule has 2 aromatic rings. The zero-order valence-electron chi connectivity index (χ0n) is 12.8. The third-order valence-electron chi connectivity index (χ3n) is 4.10. The summed E-state index contributed by atoms with van der Waals surface area (Å²) in [5, 5.41) is -0.399. The van der Waals surface area contributed by atoms with E-state index in [1.165, 1.54) is 11.1 Å². The number of sulfonamides is 1. The minimum atomic E-state index is -3.22. The van der Waals surface area contributed by atoms with Crippen LogP contribution in [0.25, 0.3) is 11.1 Å². The number of hydrogen-bond acceptors (Lipinski definition) is 3. The van der Waals surface area contributed by atoms with Gasteiger partial charge in [0.25, 0.3) is 0 Å². The molecule has 1 unspecified atom stereocenters. The lowest BCUT2D eigenvalue weighted by molar-refractivity contribution is 0.547. The number of nitrogens with one attached hydrogen (secondary N) is 1. The molecule has 0 aliphatic heterocycles. The van der Waals surface area contributed by atoms with Crippen LogP contribution in [0.15, 0.2) is 42.7 Å². The van der Waals surface area contributed by atoms with Crippen molar-refractivity contribution >= 4 is 10.0 Å². The summed E-state index contributed by atoms with van der Waals surface area (Å²) in [5.41, 5.74) is 4.73. The average Bonchev–Trinajstić information content (AvgIpc) is 2.88. The van der Waals surface area contributed by atoms with Gasteiger partial charge in [-0.1, -0.05) is 18.2 Å². The van der Waals surface area contributed by atoms with E-state index >= 15 is 0 Å². The van der Waals surface area contributed by atoms with E-state index in [1.54, 1.807) is 26.2 Å². The first-order chi connectivity index (χ1) is 10.5. The highest BCUT2D eigenvalue weighted by Gasteiger charge is 2.27. The molecule has 1 aliphatic carbocycles. The van der Waals surface area contributed by atoms with Gasteiger partial charge in [-0.2, -0.15) is 0 Å². The fraction of sp³-hybridized carbons (Fsp3) is 0.353. The number of rotatable bonds is 4. The van der Waals surface area contributed by atoms with E-state index in [1.807, 2.05) is 12.1 Å². The smallest absolute Gasteiger partial charge is 0.214 e. The number of nitrogens with zero attached hydrogens (tertiary/aromatic N) is 1. The third kappa shape index (κ3) is 3.05. The summed E-state index contributed by atoms with van der Waals surface area (Å²) < 4.78 is 26.8. The predicted molar refractivity (Wildman–Crippen MR) is 88.1 cm³/mol. The number of aromatic nitrogens is 1. The monoisotopic (exact) mass is 316 g/mol. The zero-order chi connectivity index (χ0) is 15.7. The molecule has 0 radical (unpaired) electrons. The highest BCUT2D eigenvalue weighted by Crippen LogP contribution is 2.28. The largest absolute Gasteiger partial charge is 0.265 e. The highest BCUT2D eigenvalue weighted by molar-refractivity contribution is 7.90. The predicted octanol–water partition coefficient (Wildman–Crippen LogP) is 2.54. The lowest BCUT2D eigenvalue weighted by atomic mass is 10.0.